The third kappa shape index (κ3) is 3.87. The predicted octanol–water partition coefficient (Wildman–Crippen LogP) is 3.97. The van der Waals surface area contributed by atoms with Crippen LogP contribution in [-0.4, -0.2) is 50.9 Å². The fraction of sp³-hybridized carbons (Fsp3) is 0.273. The van der Waals surface area contributed by atoms with Gasteiger partial charge in [-0.25, -0.2) is 4.98 Å². The topological polar surface area (TPSA) is 79.1 Å². The number of ether oxygens (including phenoxy) is 2. The van der Waals surface area contributed by atoms with E-state index in [1.54, 1.807) is 6.20 Å². The minimum atomic E-state index is 0.403. The molecule has 1 fully saturated rings. The van der Waals surface area contributed by atoms with Crippen molar-refractivity contribution in [2.45, 2.75) is 19.5 Å². The maximum Gasteiger partial charge on any atom is 0.129 e. The number of nitrogens with zero attached hydrogens (tertiary/aromatic N) is 3. The fourth-order valence-electron chi connectivity index (χ4n) is 3.62. The van der Waals surface area contributed by atoms with Gasteiger partial charge in [-0.3, -0.25) is 10.00 Å². The molecule has 0 spiro atoms. The molecule has 1 aliphatic heterocycles. The zero-order valence-corrected chi connectivity index (χ0v) is 16.3. The Kier molecular flexibility index (Phi) is 4.75. The maximum atomic E-state index is 6.03. The van der Waals surface area contributed by atoms with E-state index in [9.17, 15) is 0 Å². The number of H-pyrrole nitrogens is 2. The highest BCUT2D eigenvalue weighted by atomic mass is 16.5. The van der Waals surface area contributed by atoms with E-state index in [4.69, 9.17) is 14.5 Å². The molecule has 0 bridgehead atoms. The van der Waals surface area contributed by atoms with Crippen LogP contribution in [0.25, 0.3) is 22.3 Å². The van der Waals surface area contributed by atoms with Crippen LogP contribution >= 0.6 is 0 Å². The first-order chi connectivity index (χ1) is 14.2. The SMILES string of the molecule is CC1COCCN1Cc1nc2ccc(Oc3ccc(-c4ccn[nH]4)cc3)cc2[nH]1. The van der Waals surface area contributed by atoms with Crippen molar-refractivity contribution in [3.63, 3.8) is 0 Å². The molecule has 7 heteroatoms. The molecule has 1 saturated heterocycles. The average molecular weight is 389 g/mol. The number of rotatable bonds is 5. The molecular formula is C22H23N5O2. The van der Waals surface area contributed by atoms with Crippen LogP contribution < -0.4 is 4.74 Å². The zero-order valence-electron chi connectivity index (χ0n) is 16.3. The summed E-state index contributed by atoms with van der Waals surface area (Å²) >= 11 is 0. The van der Waals surface area contributed by atoms with E-state index < -0.39 is 0 Å². The highest BCUT2D eigenvalue weighted by Gasteiger charge is 2.20. The Balaban J connectivity index is 1.31. The van der Waals surface area contributed by atoms with Crippen molar-refractivity contribution < 1.29 is 9.47 Å². The second-order valence-electron chi connectivity index (χ2n) is 7.35. The molecule has 7 nitrogen and oxygen atoms in total. The number of nitrogens with one attached hydrogen (secondary N) is 2. The lowest BCUT2D eigenvalue weighted by atomic mass is 10.1. The first-order valence-electron chi connectivity index (χ1n) is 9.83. The Bertz CT molecular complexity index is 1090. The summed E-state index contributed by atoms with van der Waals surface area (Å²) < 4.78 is 11.6. The van der Waals surface area contributed by atoms with E-state index in [2.05, 4.69) is 27.0 Å². The van der Waals surface area contributed by atoms with Crippen LogP contribution in [0, 0.1) is 0 Å². The number of hydrogen-bond donors (Lipinski definition) is 2. The van der Waals surface area contributed by atoms with Gasteiger partial charge in [0.1, 0.15) is 17.3 Å². The Morgan fingerprint density at radius 1 is 1.14 bits per heavy atom. The van der Waals surface area contributed by atoms with Gasteiger partial charge in [-0.2, -0.15) is 5.10 Å². The van der Waals surface area contributed by atoms with Crippen LogP contribution in [0.2, 0.25) is 0 Å². The van der Waals surface area contributed by atoms with E-state index in [-0.39, 0.29) is 0 Å². The van der Waals surface area contributed by atoms with Gasteiger partial charge in [0.2, 0.25) is 0 Å². The molecule has 148 valence electrons. The summed E-state index contributed by atoms with van der Waals surface area (Å²) in [6.07, 6.45) is 1.74. The highest BCUT2D eigenvalue weighted by molar-refractivity contribution is 5.77. The molecule has 1 unspecified atom stereocenters. The summed E-state index contributed by atoms with van der Waals surface area (Å²) in [6, 6.07) is 16.2. The normalized spacial score (nSPS) is 17.6. The van der Waals surface area contributed by atoms with Gasteiger partial charge in [0.15, 0.2) is 0 Å². The summed E-state index contributed by atoms with van der Waals surface area (Å²) in [6.45, 7) is 5.47. The molecule has 0 saturated carbocycles. The van der Waals surface area contributed by atoms with Crippen LogP contribution in [0.4, 0.5) is 0 Å². The molecule has 0 amide bonds. The van der Waals surface area contributed by atoms with E-state index in [1.807, 2.05) is 48.5 Å². The fourth-order valence-corrected chi connectivity index (χ4v) is 3.62. The molecule has 3 heterocycles. The summed E-state index contributed by atoms with van der Waals surface area (Å²) in [4.78, 5) is 10.5. The maximum absolute atomic E-state index is 6.03. The molecule has 29 heavy (non-hydrogen) atoms. The number of imidazole rings is 1. The highest BCUT2D eigenvalue weighted by Crippen LogP contribution is 2.27. The van der Waals surface area contributed by atoms with Crippen LogP contribution in [0.3, 0.4) is 0 Å². The lowest BCUT2D eigenvalue weighted by Crippen LogP contribution is -2.43. The van der Waals surface area contributed by atoms with Crippen molar-refractivity contribution in [2.75, 3.05) is 19.8 Å². The minimum absolute atomic E-state index is 0.403. The summed E-state index contributed by atoms with van der Waals surface area (Å²) in [5, 5.41) is 6.95. The Morgan fingerprint density at radius 3 is 2.79 bits per heavy atom. The molecule has 2 N–H and O–H groups in total. The second kappa shape index (κ2) is 7.69. The van der Waals surface area contributed by atoms with Gasteiger partial charge >= 0.3 is 0 Å². The van der Waals surface area contributed by atoms with E-state index in [0.717, 1.165) is 65.9 Å². The van der Waals surface area contributed by atoms with Crippen molar-refractivity contribution in [1.82, 2.24) is 25.1 Å². The Hall–Kier alpha value is -3.16. The Morgan fingerprint density at radius 2 is 2.00 bits per heavy atom. The number of fused-ring (bicyclic) bond motifs is 1. The Labute approximate surface area is 168 Å². The van der Waals surface area contributed by atoms with Crippen molar-refractivity contribution >= 4 is 11.0 Å². The number of hydrogen-bond acceptors (Lipinski definition) is 5. The van der Waals surface area contributed by atoms with Gasteiger partial charge < -0.3 is 14.5 Å². The number of morpholine rings is 1. The summed E-state index contributed by atoms with van der Waals surface area (Å²) in [5.41, 5.74) is 3.98. The van der Waals surface area contributed by atoms with Gasteiger partial charge in [0.05, 0.1) is 36.5 Å². The molecule has 2 aromatic carbocycles. The smallest absolute Gasteiger partial charge is 0.129 e. The largest absolute Gasteiger partial charge is 0.457 e. The lowest BCUT2D eigenvalue weighted by molar-refractivity contribution is -0.00535. The lowest BCUT2D eigenvalue weighted by Gasteiger charge is -2.32. The van der Waals surface area contributed by atoms with Gasteiger partial charge in [0.25, 0.3) is 0 Å². The molecular weight excluding hydrogens is 366 g/mol. The third-order valence-corrected chi connectivity index (χ3v) is 5.26. The first-order valence-corrected chi connectivity index (χ1v) is 9.83. The van der Waals surface area contributed by atoms with Crippen molar-refractivity contribution in [3.05, 3.63) is 60.6 Å². The number of aromatic nitrogens is 4. The van der Waals surface area contributed by atoms with Crippen molar-refractivity contribution in [2.24, 2.45) is 0 Å². The predicted molar refractivity (Wildman–Crippen MR) is 111 cm³/mol. The minimum Gasteiger partial charge on any atom is -0.457 e. The molecule has 0 aliphatic carbocycles. The summed E-state index contributed by atoms with van der Waals surface area (Å²) in [5.74, 6) is 2.53. The standard InChI is InChI=1S/C22H23N5O2/c1-15-14-28-11-10-27(15)13-22-24-20-7-6-18(12-21(20)25-22)29-17-4-2-16(3-5-17)19-8-9-23-26-19/h2-9,12,15H,10-11,13-14H2,1H3,(H,23,26)(H,24,25). The van der Waals surface area contributed by atoms with Crippen molar-refractivity contribution in [1.29, 1.82) is 0 Å². The van der Waals surface area contributed by atoms with E-state index in [0.29, 0.717) is 6.04 Å². The molecule has 2 aromatic heterocycles. The second-order valence-corrected chi connectivity index (χ2v) is 7.35. The number of aromatic amines is 2. The van der Waals surface area contributed by atoms with Gasteiger partial charge in [0, 0.05) is 24.8 Å². The van der Waals surface area contributed by atoms with Crippen LogP contribution in [-0.2, 0) is 11.3 Å². The van der Waals surface area contributed by atoms with Crippen LogP contribution in [0.15, 0.2) is 54.7 Å². The van der Waals surface area contributed by atoms with Crippen LogP contribution in [0.5, 0.6) is 11.5 Å². The monoisotopic (exact) mass is 389 g/mol. The molecule has 0 radical (unpaired) electrons. The molecule has 1 atom stereocenters. The first kappa shape index (κ1) is 17.9. The molecule has 1 aliphatic rings. The number of benzene rings is 2. The zero-order chi connectivity index (χ0) is 19.6. The van der Waals surface area contributed by atoms with Crippen LogP contribution in [0.1, 0.15) is 12.7 Å². The summed E-state index contributed by atoms with van der Waals surface area (Å²) in [7, 11) is 0. The van der Waals surface area contributed by atoms with E-state index >= 15 is 0 Å². The molecule has 5 rings (SSSR count). The average Bonchev–Trinajstić information content (AvgIpc) is 3.40. The third-order valence-electron chi connectivity index (χ3n) is 5.26. The van der Waals surface area contributed by atoms with E-state index in [1.165, 1.54) is 0 Å². The van der Waals surface area contributed by atoms with Crippen molar-refractivity contribution in [3.8, 4) is 22.8 Å². The van der Waals surface area contributed by atoms with Gasteiger partial charge in [-0.1, -0.05) is 0 Å². The van der Waals surface area contributed by atoms with Gasteiger partial charge in [-0.15, -0.1) is 0 Å². The quantitative estimate of drug-likeness (QED) is 0.540. The molecule has 4 aromatic rings. The van der Waals surface area contributed by atoms with Gasteiger partial charge in [-0.05, 0) is 55.0 Å².